The van der Waals surface area contributed by atoms with Crippen LogP contribution in [0.25, 0.3) is 21.7 Å². The highest BCUT2D eigenvalue weighted by Crippen LogP contribution is 2.34. The van der Waals surface area contributed by atoms with Gasteiger partial charge in [0.05, 0.1) is 11.7 Å². The van der Waals surface area contributed by atoms with Gasteiger partial charge in [-0.15, -0.1) is 0 Å². The number of halogens is 3. The largest absolute Gasteiger partial charge is 0.433 e. The number of rotatable bonds is 2. The normalized spacial score (nSPS) is 17.4. The Morgan fingerprint density at radius 1 is 1.38 bits per heavy atom. The molecule has 0 N–H and O–H groups in total. The van der Waals surface area contributed by atoms with Crippen LogP contribution in [0.5, 0.6) is 0 Å². The summed E-state index contributed by atoms with van der Waals surface area (Å²) in [5.74, 6) is 0. The minimum atomic E-state index is -4.49. The van der Waals surface area contributed by atoms with Gasteiger partial charge in [-0.25, -0.2) is 0 Å². The predicted molar refractivity (Wildman–Crippen MR) is 67.0 cm³/mol. The quantitative estimate of drug-likeness (QED) is 0.480. The number of hydrogen-bond donors (Lipinski definition) is 0. The molecule has 0 radical (unpaired) electrons. The molecular formula is C12H9F3N6. The van der Waals surface area contributed by atoms with E-state index < -0.39 is 11.9 Å². The molecule has 9 heteroatoms. The first-order chi connectivity index (χ1) is 9.99. The van der Waals surface area contributed by atoms with E-state index in [1.165, 1.54) is 6.07 Å². The number of pyridine rings is 1. The van der Waals surface area contributed by atoms with Crippen LogP contribution in [0, 0.1) is 0 Å². The summed E-state index contributed by atoms with van der Waals surface area (Å²) in [5.41, 5.74) is 9.00. The number of aromatic nitrogens is 3. The molecule has 1 atom stereocenters. The fourth-order valence-corrected chi connectivity index (χ4v) is 2.34. The molecule has 0 aliphatic carbocycles. The van der Waals surface area contributed by atoms with Gasteiger partial charge >= 0.3 is 6.18 Å². The molecule has 6 nitrogen and oxygen atoms in total. The molecule has 21 heavy (non-hydrogen) atoms. The van der Waals surface area contributed by atoms with Gasteiger partial charge in [0.15, 0.2) is 0 Å². The third-order valence-corrected chi connectivity index (χ3v) is 3.30. The SMILES string of the molecule is [N-]=[N+]=N[C@H]1CCn2nc(-c3ccnc(C(F)(F)F)c3)cc21. The smallest absolute Gasteiger partial charge is 0.269 e. The Balaban J connectivity index is 2.00. The van der Waals surface area contributed by atoms with Gasteiger partial charge in [0, 0.05) is 28.9 Å². The van der Waals surface area contributed by atoms with Gasteiger partial charge < -0.3 is 0 Å². The average molecular weight is 294 g/mol. The molecule has 2 aromatic rings. The predicted octanol–water partition coefficient (Wildman–Crippen LogP) is 3.72. The zero-order valence-electron chi connectivity index (χ0n) is 10.6. The molecule has 2 aromatic heterocycles. The van der Waals surface area contributed by atoms with Crippen molar-refractivity contribution < 1.29 is 13.2 Å². The Kier molecular flexibility index (Phi) is 3.06. The second-order valence-corrected chi connectivity index (χ2v) is 4.61. The Morgan fingerprint density at radius 3 is 2.90 bits per heavy atom. The van der Waals surface area contributed by atoms with Gasteiger partial charge in [0.2, 0.25) is 0 Å². The Labute approximate surface area is 116 Å². The Bertz CT molecular complexity index is 729. The van der Waals surface area contributed by atoms with Crippen molar-refractivity contribution in [1.82, 2.24) is 14.8 Å². The number of nitrogens with zero attached hydrogens (tertiary/aromatic N) is 6. The number of azide groups is 1. The topological polar surface area (TPSA) is 79.5 Å². The summed E-state index contributed by atoms with van der Waals surface area (Å²) in [5, 5.41) is 7.91. The fourth-order valence-electron chi connectivity index (χ4n) is 2.34. The summed E-state index contributed by atoms with van der Waals surface area (Å²) in [7, 11) is 0. The maximum Gasteiger partial charge on any atom is 0.433 e. The lowest BCUT2D eigenvalue weighted by Crippen LogP contribution is -2.07. The number of alkyl halides is 3. The van der Waals surface area contributed by atoms with Gasteiger partial charge in [-0.1, -0.05) is 5.11 Å². The lowest BCUT2D eigenvalue weighted by Gasteiger charge is -2.06. The standard InChI is InChI=1S/C12H9F3N6/c13-12(14,15)11-5-7(1-3-17-11)9-6-10-8(18-20-16)2-4-21(10)19-9/h1,3,5-6,8H,2,4H2/t8-/m0/s1. The Hall–Kier alpha value is -2.54. The molecule has 0 unspecified atom stereocenters. The summed E-state index contributed by atoms with van der Waals surface area (Å²) < 4.78 is 39.6. The van der Waals surface area contributed by atoms with Crippen LogP contribution in [0.2, 0.25) is 0 Å². The van der Waals surface area contributed by atoms with Gasteiger partial charge in [-0.3, -0.25) is 9.67 Å². The van der Waals surface area contributed by atoms with Crippen molar-refractivity contribution in [2.45, 2.75) is 25.2 Å². The van der Waals surface area contributed by atoms with Crippen molar-refractivity contribution in [2.75, 3.05) is 0 Å². The first kappa shape index (κ1) is 13.4. The highest BCUT2D eigenvalue weighted by Gasteiger charge is 2.33. The molecule has 0 aromatic carbocycles. The molecule has 108 valence electrons. The van der Waals surface area contributed by atoms with E-state index in [4.69, 9.17) is 5.53 Å². The van der Waals surface area contributed by atoms with Crippen LogP contribution in [-0.2, 0) is 12.7 Å². The van der Waals surface area contributed by atoms with Crippen LogP contribution in [-0.4, -0.2) is 14.8 Å². The fraction of sp³-hybridized carbons (Fsp3) is 0.333. The molecule has 0 amide bonds. The number of hydrogen-bond acceptors (Lipinski definition) is 3. The van der Waals surface area contributed by atoms with E-state index in [9.17, 15) is 13.2 Å². The monoisotopic (exact) mass is 294 g/mol. The zero-order chi connectivity index (χ0) is 15.0. The first-order valence-corrected chi connectivity index (χ1v) is 6.14. The van der Waals surface area contributed by atoms with Gasteiger partial charge in [0.25, 0.3) is 0 Å². The molecular weight excluding hydrogens is 285 g/mol. The number of fused-ring (bicyclic) bond motifs is 1. The number of aryl methyl sites for hydroxylation is 1. The molecule has 1 aliphatic rings. The summed E-state index contributed by atoms with van der Waals surface area (Å²) in [6.07, 6.45) is -2.74. The summed E-state index contributed by atoms with van der Waals surface area (Å²) in [6.45, 7) is 0.580. The van der Waals surface area contributed by atoms with Gasteiger partial charge in [-0.2, -0.15) is 18.3 Å². The van der Waals surface area contributed by atoms with E-state index >= 15 is 0 Å². The van der Waals surface area contributed by atoms with E-state index in [-0.39, 0.29) is 6.04 Å². The van der Waals surface area contributed by atoms with Crippen LogP contribution >= 0.6 is 0 Å². The van der Waals surface area contributed by atoms with Crippen molar-refractivity contribution >= 4 is 0 Å². The third-order valence-electron chi connectivity index (χ3n) is 3.30. The van der Waals surface area contributed by atoms with Gasteiger partial charge in [-0.05, 0) is 30.2 Å². The molecule has 0 saturated heterocycles. The minimum Gasteiger partial charge on any atom is -0.269 e. The zero-order valence-corrected chi connectivity index (χ0v) is 10.6. The van der Waals surface area contributed by atoms with Crippen molar-refractivity contribution in [3.8, 4) is 11.3 Å². The van der Waals surface area contributed by atoms with Crippen molar-refractivity contribution in [2.24, 2.45) is 5.11 Å². The average Bonchev–Trinajstić information content (AvgIpc) is 3.00. The van der Waals surface area contributed by atoms with Crippen LogP contribution < -0.4 is 0 Å². The van der Waals surface area contributed by atoms with Crippen molar-refractivity contribution in [3.05, 3.63) is 46.2 Å². The maximum atomic E-state index is 12.7. The molecule has 0 bridgehead atoms. The highest BCUT2D eigenvalue weighted by molar-refractivity contribution is 5.60. The van der Waals surface area contributed by atoms with E-state index in [1.807, 2.05) is 0 Å². The second kappa shape index (κ2) is 4.78. The molecule has 3 heterocycles. The van der Waals surface area contributed by atoms with Crippen molar-refractivity contribution in [1.29, 1.82) is 0 Å². The molecule has 1 aliphatic heterocycles. The first-order valence-electron chi connectivity index (χ1n) is 6.14. The molecule has 0 spiro atoms. The molecule has 3 rings (SSSR count). The van der Waals surface area contributed by atoms with Crippen LogP contribution in [0.15, 0.2) is 29.5 Å². The van der Waals surface area contributed by atoms with Gasteiger partial charge in [0.1, 0.15) is 5.69 Å². The molecule has 0 fully saturated rings. The van der Waals surface area contributed by atoms with E-state index in [1.54, 1.807) is 10.7 Å². The highest BCUT2D eigenvalue weighted by atomic mass is 19.4. The second-order valence-electron chi connectivity index (χ2n) is 4.61. The Morgan fingerprint density at radius 2 is 2.19 bits per heavy atom. The third kappa shape index (κ3) is 2.43. The molecule has 0 saturated carbocycles. The van der Waals surface area contributed by atoms with Crippen molar-refractivity contribution in [3.63, 3.8) is 0 Å². The van der Waals surface area contributed by atoms with E-state index in [0.29, 0.717) is 29.9 Å². The van der Waals surface area contributed by atoms with E-state index in [2.05, 4.69) is 20.1 Å². The summed E-state index contributed by atoms with van der Waals surface area (Å²) in [6, 6.07) is 3.76. The maximum absolute atomic E-state index is 12.7. The lowest BCUT2D eigenvalue weighted by molar-refractivity contribution is -0.141. The van der Waals surface area contributed by atoms with Crippen LogP contribution in [0.1, 0.15) is 23.9 Å². The summed E-state index contributed by atoms with van der Waals surface area (Å²) >= 11 is 0. The lowest BCUT2D eigenvalue weighted by atomic mass is 10.1. The van der Waals surface area contributed by atoms with Crippen LogP contribution in [0.3, 0.4) is 0 Å². The summed E-state index contributed by atoms with van der Waals surface area (Å²) in [4.78, 5) is 6.09. The van der Waals surface area contributed by atoms with E-state index in [0.717, 1.165) is 12.3 Å². The minimum absolute atomic E-state index is 0.319. The van der Waals surface area contributed by atoms with Crippen LogP contribution in [0.4, 0.5) is 13.2 Å².